The number of rotatable bonds is 8. The molecule has 0 aromatic carbocycles. The molecule has 6 heteroatoms. The summed E-state index contributed by atoms with van der Waals surface area (Å²) in [5.41, 5.74) is 0.923. The number of hydrogen-bond acceptors (Lipinski definition) is 6. The van der Waals surface area contributed by atoms with E-state index in [-0.39, 0.29) is 17.9 Å². The van der Waals surface area contributed by atoms with Crippen LogP contribution < -0.4 is 5.32 Å². The van der Waals surface area contributed by atoms with Crippen LogP contribution in [0.4, 0.5) is 0 Å². The maximum absolute atomic E-state index is 11.8. The van der Waals surface area contributed by atoms with Crippen LogP contribution in [-0.2, 0) is 27.4 Å². The fourth-order valence-corrected chi connectivity index (χ4v) is 2.42. The monoisotopic (exact) mass is 286 g/mol. The second kappa shape index (κ2) is 8.24. The van der Waals surface area contributed by atoms with E-state index in [4.69, 9.17) is 9.47 Å². The third kappa shape index (κ3) is 5.26. The Kier molecular flexibility index (Phi) is 6.97. The topological polar surface area (TPSA) is 60.5 Å². The molecule has 0 radical (unpaired) electrons. The molecule has 0 bridgehead atoms. The van der Waals surface area contributed by atoms with Gasteiger partial charge in [0.2, 0.25) is 0 Å². The summed E-state index contributed by atoms with van der Waals surface area (Å²) in [5.74, 6) is -0.0269. The highest BCUT2D eigenvalue weighted by Gasteiger charge is 2.22. The maximum Gasteiger partial charge on any atom is 0.323 e. The van der Waals surface area contributed by atoms with Crippen LogP contribution in [0, 0.1) is 5.92 Å². The van der Waals surface area contributed by atoms with Crippen molar-refractivity contribution in [3.8, 4) is 0 Å². The Hall–Kier alpha value is -0.980. The van der Waals surface area contributed by atoms with Crippen molar-refractivity contribution in [2.24, 2.45) is 5.92 Å². The number of hydrogen-bond donors (Lipinski definition) is 1. The first-order valence-electron chi connectivity index (χ1n) is 6.40. The second-order valence-corrected chi connectivity index (χ2v) is 5.46. The van der Waals surface area contributed by atoms with Crippen molar-refractivity contribution in [2.75, 3.05) is 13.7 Å². The lowest BCUT2D eigenvalue weighted by molar-refractivity contribution is -0.146. The van der Waals surface area contributed by atoms with Gasteiger partial charge in [0.05, 0.1) is 18.9 Å². The lowest BCUT2D eigenvalue weighted by Crippen LogP contribution is -2.41. The first-order chi connectivity index (χ1) is 9.08. The summed E-state index contributed by atoms with van der Waals surface area (Å²) in [4.78, 5) is 16.2. The zero-order valence-electron chi connectivity index (χ0n) is 11.9. The number of esters is 1. The highest BCUT2D eigenvalue weighted by atomic mass is 32.1. The van der Waals surface area contributed by atoms with E-state index in [1.807, 2.05) is 26.2 Å². The molecule has 1 aromatic rings. The second-order valence-electron chi connectivity index (χ2n) is 4.52. The zero-order valence-corrected chi connectivity index (χ0v) is 12.8. The molecule has 0 fully saturated rings. The molecule has 1 heterocycles. The Balaban J connectivity index is 2.53. The lowest BCUT2D eigenvalue weighted by atomic mass is 10.0. The largest absolute Gasteiger partial charge is 0.465 e. The molecule has 0 aliphatic heterocycles. The van der Waals surface area contributed by atoms with Crippen molar-refractivity contribution in [3.63, 3.8) is 0 Å². The Bertz CT molecular complexity index is 393. The highest BCUT2D eigenvalue weighted by Crippen LogP contribution is 2.12. The first kappa shape index (κ1) is 16.1. The minimum Gasteiger partial charge on any atom is -0.465 e. The third-order valence-corrected chi connectivity index (χ3v) is 3.45. The van der Waals surface area contributed by atoms with Gasteiger partial charge in [0.1, 0.15) is 11.0 Å². The van der Waals surface area contributed by atoms with Crippen molar-refractivity contribution >= 4 is 17.3 Å². The van der Waals surface area contributed by atoms with Crippen LogP contribution in [0.5, 0.6) is 0 Å². The van der Waals surface area contributed by atoms with Crippen LogP contribution >= 0.6 is 11.3 Å². The number of nitrogens with zero attached hydrogens (tertiary/aromatic N) is 1. The molecular formula is C13H22N2O3S. The summed E-state index contributed by atoms with van der Waals surface area (Å²) < 4.78 is 10.1. The summed E-state index contributed by atoms with van der Waals surface area (Å²) in [6.45, 7) is 7.28. The van der Waals surface area contributed by atoms with Gasteiger partial charge in [-0.25, -0.2) is 4.98 Å². The predicted molar refractivity (Wildman–Crippen MR) is 74.9 cm³/mol. The van der Waals surface area contributed by atoms with E-state index >= 15 is 0 Å². The number of nitrogens with one attached hydrogen (secondary N) is 1. The van der Waals surface area contributed by atoms with Gasteiger partial charge in [-0.05, 0) is 12.8 Å². The number of aromatic nitrogens is 1. The first-order valence-corrected chi connectivity index (χ1v) is 7.28. The molecule has 19 heavy (non-hydrogen) atoms. The van der Waals surface area contributed by atoms with Gasteiger partial charge in [0.15, 0.2) is 0 Å². The molecule has 1 atom stereocenters. The molecular weight excluding hydrogens is 264 g/mol. The average Bonchev–Trinajstić information content (AvgIpc) is 2.77. The van der Waals surface area contributed by atoms with Crippen molar-refractivity contribution in [1.29, 1.82) is 0 Å². The molecule has 0 spiro atoms. The molecule has 0 saturated heterocycles. The van der Waals surface area contributed by atoms with Crippen LogP contribution in [0.25, 0.3) is 0 Å². The highest BCUT2D eigenvalue weighted by molar-refractivity contribution is 7.09. The van der Waals surface area contributed by atoms with Crippen LogP contribution in [0.2, 0.25) is 0 Å². The van der Waals surface area contributed by atoms with Crippen LogP contribution in [0.3, 0.4) is 0 Å². The number of carbonyl (C=O) groups is 1. The number of methoxy groups -OCH3 is 1. The Labute approximate surface area is 118 Å². The maximum atomic E-state index is 11.8. The Morgan fingerprint density at radius 2 is 2.26 bits per heavy atom. The van der Waals surface area contributed by atoms with E-state index < -0.39 is 0 Å². The van der Waals surface area contributed by atoms with Crippen molar-refractivity contribution in [2.45, 2.75) is 40.0 Å². The molecule has 0 amide bonds. The summed E-state index contributed by atoms with van der Waals surface area (Å²) in [5, 5.41) is 6.12. The van der Waals surface area contributed by atoms with E-state index in [1.54, 1.807) is 18.4 Å². The van der Waals surface area contributed by atoms with Gasteiger partial charge in [-0.15, -0.1) is 11.3 Å². The van der Waals surface area contributed by atoms with Crippen LogP contribution in [-0.4, -0.2) is 30.7 Å². The van der Waals surface area contributed by atoms with Gasteiger partial charge < -0.3 is 9.47 Å². The lowest BCUT2D eigenvalue weighted by Gasteiger charge is -2.19. The molecule has 0 aliphatic carbocycles. The van der Waals surface area contributed by atoms with Crippen LogP contribution in [0.15, 0.2) is 5.38 Å². The molecule has 1 unspecified atom stereocenters. The number of carbonyl (C=O) groups excluding carboxylic acids is 1. The normalized spacial score (nSPS) is 12.7. The number of thiazole rings is 1. The number of ether oxygens (including phenoxy) is 2. The van der Waals surface area contributed by atoms with Gasteiger partial charge in [-0.2, -0.15) is 0 Å². The van der Waals surface area contributed by atoms with Crippen molar-refractivity contribution in [3.05, 3.63) is 16.1 Å². The Morgan fingerprint density at radius 3 is 2.84 bits per heavy atom. The third-order valence-electron chi connectivity index (χ3n) is 2.58. The summed E-state index contributed by atoms with van der Waals surface area (Å²) in [6, 6.07) is -0.299. The molecule has 1 aromatic heterocycles. The SMILES string of the molecule is CCOC(=O)C(NCc1csc(COC)n1)C(C)C. The zero-order chi connectivity index (χ0) is 14.3. The van der Waals surface area contributed by atoms with Crippen molar-refractivity contribution < 1.29 is 14.3 Å². The fourth-order valence-electron chi connectivity index (χ4n) is 1.66. The fraction of sp³-hybridized carbons (Fsp3) is 0.692. The molecule has 0 aliphatic rings. The minimum atomic E-state index is -0.299. The van der Waals surface area contributed by atoms with E-state index in [2.05, 4.69) is 10.3 Å². The molecule has 5 nitrogen and oxygen atoms in total. The molecule has 1 N–H and O–H groups in total. The minimum absolute atomic E-state index is 0.177. The average molecular weight is 286 g/mol. The van der Waals surface area contributed by atoms with Gasteiger partial charge in [0, 0.05) is 19.0 Å². The predicted octanol–water partition coefficient (Wildman–Crippen LogP) is 1.97. The summed E-state index contributed by atoms with van der Waals surface area (Å²) in [7, 11) is 1.65. The summed E-state index contributed by atoms with van der Waals surface area (Å²) in [6.07, 6.45) is 0. The van der Waals surface area contributed by atoms with E-state index in [9.17, 15) is 4.79 Å². The van der Waals surface area contributed by atoms with Crippen molar-refractivity contribution in [1.82, 2.24) is 10.3 Å². The molecule has 108 valence electrons. The smallest absolute Gasteiger partial charge is 0.323 e. The van der Waals surface area contributed by atoms with E-state index in [0.717, 1.165) is 10.7 Å². The van der Waals surface area contributed by atoms with Gasteiger partial charge in [0.25, 0.3) is 0 Å². The van der Waals surface area contributed by atoms with E-state index in [1.165, 1.54) is 0 Å². The van der Waals surface area contributed by atoms with Gasteiger partial charge in [-0.3, -0.25) is 10.1 Å². The summed E-state index contributed by atoms with van der Waals surface area (Å²) >= 11 is 1.56. The van der Waals surface area contributed by atoms with Crippen LogP contribution in [0.1, 0.15) is 31.5 Å². The molecule has 0 saturated carbocycles. The quantitative estimate of drug-likeness (QED) is 0.740. The van der Waals surface area contributed by atoms with Gasteiger partial charge in [-0.1, -0.05) is 13.8 Å². The Morgan fingerprint density at radius 1 is 1.53 bits per heavy atom. The molecule has 1 rings (SSSR count). The van der Waals surface area contributed by atoms with E-state index in [0.29, 0.717) is 19.8 Å². The standard InChI is InChI=1S/C13H22N2O3S/c1-5-18-13(16)12(9(2)3)14-6-10-8-19-11(15-10)7-17-4/h8-9,12,14H,5-7H2,1-4H3. The van der Waals surface area contributed by atoms with Gasteiger partial charge >= 0.3 is 5.97 Å².